The molecule has 13 heteroatoms. The standard InChI is InChI=1S/C32H31F3N2O7S/c1-36(26(38)10-7-19-12-16-43-18-19)22-11-13-31(39)25-17-20-8-9-23(42-2)28-27(20)30(31,29(22)44-28)14-15-37(25)45(40,41)24-6-4-3-5-21(24)32(33,34)35/h3-10,12,16,18,22,25,29,39H,11,13-15,17H2,1-2H3/b10-7+/t22-,25-,29+,30+,31-/m1/s1. The predicted molar refractivity (Wildman–Crippen MR) is 155 cm³/mol. The fraction of sp³-hybridized carbons (Fsp3) is 0.406. The summed E-state index contributed by atoms with van der Waals surface area (Å²) in [5.74, 6) is 0.586. The summed E-state index contributed by atoms with van der Waals surface area (Å²) in [6.45, 7) is -0.151. The second-order valence-corrected chi connectivity index (χ2v) is 13.9. The molecule has 2 aromatic carbocycles. The number of aliphatic hydroxyl groups is 1. The Balaban J connectivity index is 1.32. The number of rotatable bonds is 6. The topological polar surface area (TPSA) is 110 Å². The Morgan fingerprint density at radius 2 is 1.96 bits per heavy atom. The van der Waals surface area contributed by atoms with E-state index in [0.717, 1.165) is 33.6 Å². The summed E-state index contributed by atoms with van der Waals surface area (Å²) < 4.78 is 88.5. The van der Waals surface area contributed by atoms with Crippen LogP contribution in [0.2, 0.25) is 0 Å². The van der Waals surface area contributed by atoms with E-state index in [-0.39, 0.29) is 38.1 Å². The minimum absolute atomic E-state index is 0.0641. The van der Waals surface area contributed by atoms with Gasteiger partial charge in [-0.1, -0.05) is 18.2 Å². The first-order valence-corrected chi connectivity index (χ1v) is 16.0. The van der Waals surface area contributed by atoms with Crippen LogP contribution in [-0.2, 0) is 32.8 Å². The molecule has 2 aliphatic heterocycles. The maximum Gasteiger partial charge on any atom is 0.417 e. The summed E-state index contributed by atoms with van der Waals surface area (Å²) in [6.07, 6.45) is 0.880. The molecule has 3 aromatic rings. The van der Waals surface area contributed by atoms with Crippen molar-refractivity contribution in [1.29, 1.82) is 0 Å². The van der Waals surface area contributed by atoms with Crippen LogP contribution < -0.4 is 9.47 Å². The molecular formula is C32H31F3N2O7S. The summed E-state index contributed by atoms with van der Waals surface area (Å²) >= 11 is 0. The van der Waals surface area contributed by atoms with Crippen LogP contribution in [0.1, 0.15) is 41.5 Å². The van der Waals surface area contributed by atoms with Gasteiger partial charge >= 0.3 is 6.18 Å². The Bertz CT molecular complexity index is 1810. The third kappa shape index (κ3) is 4.13. The smallest absolute Gasteiger partial charge is 0.417 e. The van der Waals surface area contributed by atoms with Gasteiger partial charge in [0.25, 0.3) is 0 Å². The highest BCUT2D eigenvalue weighted by atomic mass is 32.2. The van der Waals surface area contributed by atoms with Crippen molar-refractivity contribution in [2.45, 2.75) is 66.0 Å². The zero-order valence-electron chi connectivity index (χ0n) is 24.5. The Labute approximate surface area is 257 Å². The largest absolute Gasteiger partial charge is 0.493 e. The fourth-order valence-electron chi connectivity index (χ4n) is 8.19. The maximum absolute atomic E-state index is 14.1. The summed E-state index contributed by atoms with van der Waals surface area (Å²) in [4.78, 5) is 14.1. The summed E-state index contributed by atoms with van der Waals surface area (Å²) in [5.41, 5.74) is -1.94. The van der Waals surface area contributed by atoms with Gasteiger partial charge in [-0.05, 0) is 61.6 Å². The van der Waals surface area contributed by atoms with Crippen molar-refractivity contribution < 1.29 is 45.4 Å². The zero-order valence-corrected chi connectivity index (χ0v) is 25.3. The third-order valence-corrected chi connectivity index (χ3v) is 12.1. The van der Waals surface area contributed by atoms with Crippen molar-refractivity contribution in [3.63, 3.8) is 0 Å². The molecule has 1 aromatic heterocycles. The molecule has 4 aliphatic rings. The number of methoxy groups -OCH3 is 1. The van der Waals surface area contributed by atoms with E-state index in [2.05, 4.69) is 0 Å². The number of benzene rings is 2. The van der Waals surface area contributed by atoms with E-state index in [0.29, 0.717) is 17.1 Å². The number of carbonyl (C=O) groups is 1. The van der Waals surface area contributed by atoms with E-state index in [4.69, 9.17) is 13.9 Å². The molecule has 9 nitrogen and oxygen atoms in total. The van der Waals surface area contributed by atoms with Crippen molar-refractivity contribution in [1.82, 2.24) is 9.21 Å². The van der Waals surface area contributed by atoms with Crippen molar-refractivity contribution in [3.8, 4) is 11.5 Å². The average molecular weight is 645 g/mol. The van der Waals surface area contributed by atoms with Crippen LogP contribution in [0.15, 0.2) is 70.4 Å². The van der Waals surface area contributed by atoms with Crippen LogP contribution in [0.4, 0.5) is 13.2 Å². The van der Waals surface area contributed by atoms with Gasteiger partial charge in [-0.25, -0.2) is 8.42 Å². The monoisotopic (exact) mass is 644 g/mol. The lowest BCUT2D eigenvalue weighted by atomic mass is 9.48. The lowest BCUT2D eigenvalue weighted by Crippen LogP contribution is -2.78. The van der Waals surface area contributed by atoms with E-state index in [1.54, 1.807) is 36.2 Å². The molecule has 1 saturated heterocycles. The normalized spacial score (nSPS) is 28.9. The first-order valence-electron chi connectivity index (χ1n) is 14.6. The number of furan rings is 1. The molecule has 2 aliphatic carbocycles. The van der Waals surface area contributed by atoms with Gasteiger partial charge in [0.1, 0.15) is 6.10 Å². The molecular weight excluding hydrogens is 613 g/mol. The molecule has 45 heavy (non-hydrogen) atoms. The molecule has 1 amide bonds. The minimum Gasteiger partial charge on any atom is -0.493 e. The molecule has 1 saturated carbocycles. The Morgan fingerprint density at radius 1 is 1.18 bits per heavy atom. The molecule has 0 unspecified atom stereocenters. The Kier molecular flexibility index (Phi) is 6.70. The van der Waals surface area contributed by atoms with Gasteiger partial charge in [0.15, 0.2) is 11.5 Å². The lowest BCUT2D eigenvalue weighted by molar-refractivity contribution is -0.186. The van der Waals surface area contributed by atoms with Crippen LogP contribution in [0.3, 0.4) is 0 Å². The van der Waals surface area contributed by atoms with Gasteiger partial charge in [-0.2, -0.15) is 17.5 Å². The number of ether oxygens (including phenoxy) is 2. The van der Waals surface area contributed by atoms with E-state index in [1.165, 1.54) is 31.8 Å². The molecule has 0 radical (unpaired) electrons. The van der Waals surface area contributed by atoms with Crippen LogP contribution in [-0.4, -0.2) is 73.1 Å². The highest BCUT2D eigenvalue weighted by molar-refractivity contribution is 7.89. The summed E-state index contributed by atoms with van der Waals surface area (Å²) in [7, 11) is -1.54. The molecule has 3 heterocycles. The zero-order chi connectivity index (χ0) is 31.9. The highest BCUT2D eigenvalue weighted by Gasteiger charge is 2.74. The number of sulfonamides is 1. The number of amides is 1. The quantitative estimate of drug-likeness (QED) is 0.397. The minimum atomic E-state index is -4.90. The van der Waals surface area contributed by atoms with Crippen molar-refractivity contribution >= 4 is 22.0 Å². The van der Waals surface area contributed by atoms with Gasteiger partial charge in [-0.3, -0.25) is 4.79 Å². The highest BCUT2D eigenvalue weighted by Crippen LogP contribution is 2.66. The fourth-order valence-corrected chi connectivity index (χ4v) is 10.1. The van der Waals surface area contributed by atoms with Gasteiger partial charge in [-0.15, -0.1) is 0 Å². The van der Waals surface area contributed by atoms with Crippen molar-refractivity contribution in [3.05, 3.63) is 83.3 Å². The average Bonchev–Trinajstić information content (AvgIpc) is 3.65. The van der Waals surface area contributed by atoms with Gasteiger partial charge in [0, 0.05) is 30.8 Å². The van der Waals surface area contributed by atoms with Gasteiger partial charge in [0.2, 0.25) is 15.9 Å². The summed E-state index contributed by atoms with van der Waals surface area (Å²) in [5, 5.41) is 12.8. The number of hydrogen-bond donors (Lipinski definition) is 1. The Hall–Kier alpha value is -3.81. The van der Waals surface area contributed by atoms with Gasteiger partial charge < -0.3 is 23.9 Å². The molecule has 2 fully saturated rings. The number of halogens is 3. The summed E-state index contributed by atoms with van der Waals surface area (Å²) in [6, 6.07) is 7.76. The second kappa shape index (κ2) is 10.1. The van der Waals surface area contributed by atoms with Crippen molar-refractivity contribution in [2.24, 2.45) is 0 Å². The molecule has 2 bridgehead atoms. The van der Waals surface area contributed by atoms with Crippen LogP contribution >= 0.6 is 0 Å². The lowest BCUT2D eigenvalue weighted by Gasteiger charge is -2.64. The Morgan fingerprint density at radius 3 is 2.67 bits per heavy atom. The van der Waals surface area contributed by atoms with Crippen molar-refractivity contribution in [2.75, 3.05) is 20.7 Å². The van der Waals surface area contributed by atoms with E-state index >= 15 is 0 Å². The number of alkyl halides is 3. The molecule has 1 spiro atoms. The van der Waals surface area contributed by atoms with Crippen LogP contribution in [0.25, 0.3) is 6.08 Å². The van der Waals surface area contributed by atoms with E-state index in [1.807, 2.05) is 0 Å². The number of likely N-dealkylation sites (N-methyl/N-ethyl adjacent to an activating group) is 1. The van der Waals surface area contributed by atoms with Crippen LogP contribution in [0, 0.1) is 0 Å². The first-order chi connectivity index (χ1) is 21.3. The predicted octanol–water partition coefficient (Wildman–Crippen LogP) is 4.39. The van der Waals surface area contributed by atoms with E-state index in [9.17, 15) is 31.5 Å². The first kappa shape index (κ1) is 29.9. The maximum atomic E-state index is 14.1. The second-order valence-electron chi connectivity index (χ2n) is 12.1. The van der Waals surface area contributed by atoms with Crippen LogP contribution in [0.5, 0.6) is 11.5 Å². The van der Waals surface area contributed by atoms with Gasteiger partial charge in [0.05, 0.1) is 53.2 Å². The number of piperidine rings is 1. The molecule has 1 N–H and O–H groups in total. The number of hydrogen-bond acceptors (Lipinski definition) is 7. The number of nitrogens with zero attached hydrogens (tertiary/aromatic N) is 2. The van der Waals surface area contributed by atoms with E-state index < -0.39 is 55.9 Å². The molecule has 7 rings (SSSR count). The SMILES string of the molecule is COc1ccc2c3c1O[C@H]1[C@H](N(C)C(=O)/C=C/c4ccoc4)CC[C@@]4(O)[C@@H](C2)N(S(=O)(=O)c2ccccc2C(F)(F)F)CC[C@]314. The number of carbonyl (C=O) groups excluding carboxylic acids is 1. The molecule has 238 valence electrons. The molecule has 5 atom stereocenters. The third-order valence-electron chi connectivity index (χ3n) is 10.2.